The molecule has 2 heterocycles. The van der Waals surface area contributed by atoms with E-state index in [-0.39, 0.29) is 22.7 Å². The number of hydrogen-bond donors (Lipinski definition) is 1. The van der Waals surface area contributed by atoms with Crippen LogP contribution >= 0.6 is 0 Å². The second-order valence-corrected chi connectivity index (χ2v) is 7.83. The fourth-order valence-corrected chi connectivity index (χ4v) is 5.82. The first-order valence-electron chi connectivity index (χ1n) is 7.42. The standard InChI is InChI=1S/C14H19N3O4S/c15-9-10-7-11-5-6-12(8-10)16(11)22(20,21)14-4-2-1-3-13(14)17(18)19/h1-4,10-12H,5-9,15H2. The van der Waals surface area contributed by atoms with Gasteiger partial charge in [-0.05, 0) is 44.2 Å². The monoisotopic (exact) mass is 325 g/mol. The summed E-state index contributed by atoms with van der Waals surface area (Å²) in [6.45, 7) is 0.562. The number of nitro groups is 1. The highest BCUT2D eigenvalue weighted by Crippen LogP contribution is 2.42. The lowest BCUT2D eigenvalue weighted by Gasteiger charge is -2.37. The van der Waals surface area contributed by atoms with Crippen LogP contribution < -0.4 is 5.73 Å². The predicted molar refractivity (Wildman–Crippen MR) is 80.7 cm³/mol. The summed E-state index contributed by atoms with van der Waals surface area (Å²) < 4.78 is 27.4. The lowest BCUT2D eigenvalue weighted by Crippen LogP contribution is -2.47. The van der Waals surface area contributed by atoms with E-state index in [0.29, 0.717) is 12.5 Å². The molecule has 2 atom stereocenters. The summed E-state index contributed by atoms with van der Waals surface area (Å²) in [4.78, 5) is 10.3. The van der Waals surface area contributed by atoms with E-state index in [4.69, 9.17) is 5.73 Å². The summed E-state index contributed by atoms with van der Waals surface area (Å²) in [5.74, 6) is 0.342. The van der Waals surface area contributed by atoms with Crippen LogP contribution in [-0.4, -0.2) is 36.3 Å². The van der Waals surface area contributed by atoms with Gasteiger partial charge in [0.05, 0.1) is 4.92 Å². The molecule has 0 amide bonds. The Kier molecular flexibility index (Phi) is 3.92. The molecular formula is C14H19N3O4S. The van der Waals surface area contributed by atoms with Gasteiger partial charge >= 0.3 is 0 Å². The number of nitrogens with two attached hydrogens (primary N) is 1. The molecule has 2 aliphatic heterocycles. The lowest BCUT2D eigenvalue weighted by atomic mass is 9.93. The van der Waals surface area contributed by atoms with Crippen molar-refractivity contribution in [3.05, 3.63) is 34.4 Å². The molecule has 120 valence electrons. The van der Waals surface area contributed by atoms with Crippen molar-refractivity contribution in [2.24, 2.45) is 11.7 Å². The molecule has 22 heavy (non-hydrogen) atoms. The maximum atomic E-state index is 13.0. The van der Waals surface area contributed by atoms with Gasteiger partial charge in [-0.2, -0.15) is 4.31 Å². The van der Waals surface area contributed by atoms with E-state index in [1.165, 1.54) is 28.6 Å². The van der Waals surface area contributed by atoms with Crippen molar-refractivity contribution in [1.29, 1.82) is 0 Å². The van der Waals surface area contributed by atoms with Crippen molar-refractivity contribution in [3.63, 3.8) is 0 Å². The van der Waals surface area contributed by atoms with Gasteiger partial charge in [-0.1, -0.05) is 12.1 Å². The summed E-state index contributed by atoms with van der Waals surface area (Å²) in [7, 11) is -3.85. The number of fused-ring (bicyclic) bond motifs is 2. The first-order chi connectivity index (χ1) is 10.4. The molecule has 0 aromatic heterocycles. The quantitative estimate of drug-likeness (QED) is 0.666. The van der Waals surface area contributed by atoms with E-state index in [0.717, 1.165) is 25.7 Å². The molecule has 2 unspecified atom stereocenters. The molecule has 1 aromatic carbocycles. The molecule has 2 N–H and O–H groups in total. The Balaban J connectivity index is 2.00. The number of nitrogens with zero attached hydrogens (tertiary/aromatic N) is 2. The molecule has 2 fully saturated rings. The van der Waals surface area contributed by atoms with Crippen LogP contribution in [0.4, 0.5) is 5.69 Å². The molecule has 0 spiro atoms. The largest absolute Gasteiger partial charge is 0.330 e. The molecule has 3 rings (SSSR count). The molecule has 2 aliphatic rings. The zero-order chi connectivity index (χ0) is 15.9. The zero-order valence-corrected chi connectivity index (χ0v) is 12.9. The number of rotatable bonds is 4. The molecule has 2 saturated heterocycles. The summed E-state index contributed by atoms with van der Waals surface area (Å²) >= 11 is 0. The van der Waals surface area contributed by atoms with Crippen LogP contribution in [0.3, 0.4) is 0 Å². The number of hydrogen-bond acceptors (Lipinski definition) is 5. The summed E-state index contributed by atoms with van der Waals surface area (Å²) in [6, 6.07) is 5.39. The van der Waals surface area contributed by atoms with Gasteiger partial charge in [-0.25, -0.2) is 8.42 Å². The Bertz CT molecular complexity index is 677. The Morgan fingerprint density at radius 1 is 1.23 bits per heavy atom. The minimum absolute atomic E-state index is 0.0860. The molecule has 8 heteroatoms. The molecular weight excluding hydrogens is 306 g/mol. The zero-order valence-electron chi connectivity index (χ0n) is 12.1. The van der Waals surface area contributed by atoms with E-state index in [1.54, 1.807) is 0 Å². The van der Waals surface area contributed by atoms with Gasteiger partial charge in [0.1, 0.15) is 0 Å². The van der Waals surface area contributed by atoms with Crippen LogP contribution in [0.15, 0.2) is 29.2 Å². The van der Waals surface area contributed by atoms with E-state index < -0.39 is 14.9 Å². The van der Waals surface area contributed by atoms with Gasteiger partial charge in [-0.3, -0.25) is 10.1 Å². The van der Waals surface area contributed by atoms with Gasteiger partial charge < -0.3 is 5.73 Å². The van der Waals surface area contributed by atoms with E-state index >= 15 is 0 Å². The summed E-state index contributed by atoms with van der Waals surface area (Å²) in [6.07, 6.45) is 3.10. The number of para-hydroxylation sites is 1. The Hall–Kier alpha value is -1.51. The van der Waals surface area contributed by atoms with Crippen molar-refractivity contribution >= 4 is 15.7 Å². The van der Waals surface area contributed by atoms with Gasteiger partial charge in [0.15, 0.2) is 4.90 Å². The van der Waals surface area contributed by atoms with Crippen molar-refractivity contribution < 1.29 is 13.3 Å². The smallest absolute Gasteiger partial charge is 0.289 e. The maximum Gasteiger partial charge on any atom is 0.289 e. The Labute approximate surface area is 129 Å². The highest BCUT2D eigenvalue weighted by Gasteiger charge is 2.48. The average Bonchev–Trinajstić information content (AvgIpc) is 2.79. The van der Waals surface area contributed by atoms with Gasteiger partial charge in [-0.15, -0.1) is 0 Å². The molecule has 1 aromatic rings. The van der Waals surface area contributed by atoms with Crippen LogP contribution in [0.5, 0.6) is 0 Å². The first-order valence-corrected chi connectivity index (χ1v) is 8.86. The first kappa shape index (κ1) is 15.4. The molecule has 7 nitrogen and oxygen atoms in total. The van der Waals surface area contributed by atoms with Crippen molar-refractivity contribution in [3.8, 4) is 0 Å². The SMILES string of the molecule is NCC1CC2CCC(C1)N2S(=O)(=O)c1ccccc1[N+](=O)[O-]. The third-order valence-corrected chi connectivity index (χ3v) is 6.77. The van der Waals surface area contributed by atoms with Crippen LogP contribution in [0.1, 0.15) is 25.7 Å². The Morgan fingerprint density at radius 3 is 2.36 bits per heavy atom. The number of nitro benzene ring substituents is 1. The fraction of sp³-hybridized carbons (Fsp3) is 0.571. The number of sulfonamides is 1. The lowest BCUT2D eigenvalue weighted by molar-refractivity contribution is -0.387. The second kappa shape index (κ2) is 5.60. The van der Waals surface area contributed by atoms with Crippen molar-refractivity contribution in [1.82, 2.24) is 4.31 Å². The molecule has 2 bridgehead atoms. The fourth-order valence-electron chi connectivity index (χ4n) is 3.77. The molecule has 0 saturated carbocycles. The normalized spacial score (nSPS) is 28.7. The second-order valence-electron chi connectivity index (χ2n) is 6.02. The van der Waals surface area contributed by atoms with Crippen LogP contribution in [0.2, 0.25) is 0 Å². The minimum Gasteiger partial charge on any atom is -0.330 e. The molecule has 0 radical (unpaired) electrons. The van der Waals surface area contributed by atoms with Crippen LogP contribution in [0.25, 0.3) is 0 Å². The third-order valence-electron chi connectivity index (χ3n) is 4.71. The topological polar surface area (TPSA) is 107 Å². The summed E-state index contributed by atoms with van der Waals surface area (Å²) in [5, 5.41) is 11.1. The Morgan fingerprint density at radius 2 is 1.82 bits per heavy atom. The highest BCUT2D eigenvalue weighted by atomic mass is 32.2. The maximum absolute atomic E-state index is 13.0. The molecule has 0 aliphatic carbocycles. The average molecular weight is 325 g/mol. The summed E-state index contributed by atoms with van der Waals surface area (Å²) in [5.41, 5.74) is 5.37. The predicted octanol–water partition coefficient (Wildman–Crippen LogP) is 1.49. The highest BCUT2D eigenvalue weighted by molar-refractivity contribution is 7.89. The van der Waals surface area contributed by atoms with Crippen LogP contribution in [0, 0.1) is 16.0 Å². The van der Waals surface area contributed by atoms with Crippen molar-refractivity contribution in [2.45, 2.75) is 42.7 Å². The van der Waals surface area contributed by atoms with Crippen molar-refractivity contribution in [2.75, 3.05) is 6.54 Å². The number of piperidine rings is 1. The van der Waals surface area contributed by atoms with Gasteiger partial charge in [0.2, 0.25) is 10.0 Å². The van der Waals surface area contributed by atoms with Gasteiger partial charge in [0.25, 0.3) is 5.69 Å². The van der Waals surface area contributed by atoms with Gasteiger partial charge in [0, 0.05) is 18.2 Å². The number of benzene rings is 1. The van der Waals surface area contributed by atoms with E-state index in [2.05, 4.69) is 0 Å². The third kappa shape index (κ3) is 2.41. The van der Waals surface area contributed by atoms with Crippen LogP contribution in [-0.2, 0) is 10.0 Å². The minimum atomic E-state index is -3.85. The van der Waals surface area contributed by atoms with E-state index in [1.807, 2.05) is 0 Å². The van der Waals surface area contributed by atoms with E-state index in [9.17, 15) is 18.5 Å².